The van der Waals surface area contributed by atoms with Gasteiger partial charge in [-0.25, -0.2) is 4.79 Å². The van der Waals surface area contributed by atoms with Crippen LogP contribution in [0.5, 0.6) is 0 Å². The maximum Gasteiger partial charge on any atom is 0.331 e. The molecule has 5 heteroatoms. The van der Waals surface area contributed by atoms with Crippen molar-refractivity contribution in [2.24, 2.45) is 11.1 Å². The SMILES string of the molecule is CC(=O)O/N=C(\c1cc2cc(Br)ccc2o1)C1CC(C)(c2c(C)cc(C)cc2C)C1. The quantitative estimate of drug-likeness (QED) is 0.242. The summed E-state index contributed by atoms with van der Waals surface area (Å²) in [5.41, 5.74) is 6.94. The standard InChI is InChI=1S/C25H26BrNO3/c1-14-8-15(2)23(16(3)9-14)25(5)12-19(13-25)24(27-30-17(4)28)22-11-18-10-20(26)6-7-21(18)29-22/h6-11,19H,12-13H2,1-5H3/b27-24-. The summed E-state index contributed by atoms with van der Waals surface area (Å²) in [6.07, 6.45) is 1.86. The fourth-order valence-corrected chi connectivity index (χ4v) is 5.51. The van der Waals surface area contributed by atoms with Crippen molar-refractivity contribution in [1.29, 1.82) is 0 Å². The fourth-order valence-electron chi connectivity index (χ4n) is 5.13. The van der Waals surface area contributed by atoms with Crippen molar-refractivity contribution < 1.29 is 14.0 Å². The number of aryl methyl sites for hydroxylation is 3. The third-order valence-electron chi connectivity index (χ3n) is 6.06. The van der Waals surface area contributed by atoms with E-state index in [-0.39, 0.29) is 11.3 Å². The van der Waals surface area contributed by atoms with Crippen LogP contribution in [-0.2, 0) is 15.0 Å². The van der Waals surface area contributed by atoms with Crippen LogP contribution in [0.2, 0.25) is 0 Å². The van der Waals surface area contributed by atoms with Crippen LogP contribution < -0.4 is 0 Å². The second-order valence-corrected chi connectivity index (χ2v) is 9.71. The number of carbonyl (C=O) groups is 1. The van der Waals surface area contributed by atoms with E-state index in [1.807, 2.05) is 24.3 Å². The number of fused-ring (bicyclic) bond motifs is 1. The molecule has 156 valence electrons. The molecule has 0 radical (unpaired) electrons. The van der Waals surface area contributed by atoms with Gasteiger partial charge >= 0.3 is 5.97 Å². The van der Waals surface area contributed by atoms with Gasteiger partial charge in [0.2, 0.25) is 0 Å². The Hall–Kier alpha value is -2.40. The highest BCUT2D eigenvalue weighted by Crippen LogP contribution is 2.51. The van der Waals surface area contributed by atoms with Crippen LogP contribution in [0.3, 0.4) is 0 Å². The van der Waals surface area contributed by atoms with Crippen molar-refractivity contribution in [3.63, 3.8) is 0 Å². The van der Waals surface area contributed by atoms with Crippen molar-refractivity contribution in [2.45, 2.75) is 52.9 Å². The van der Waals surface area contributed by atoms with E-state index in [2.05, 4.69) is 60.9 Å². The minimum absolute atomic E-state index is 0.0680. The summed E-state index contributed by atoms with van der Waals surface area (Å²) in [5, 5.41) is 5.20. The number of carbonyl (C=O) groups excluding carboxylic acids is 1. The Morgan fingerprint density at radius 1 is 1.13 bits per heavy atom. The Morgan fingerprint density at radius 2 is 1.80 bits per heavy atom. The largest absolute Gasteiger partial charge is 0.455 e. The predicted molar refractivity (Wildman–Crippen MR) is 123 cm³/mol. The van der Waals surface area contributed by atoms with Gasteiger partial charge in [0.1, 0.15) is 11.3 Å². The monoisotopic (exact) mass is 467 g/mol. The normalized spacial score (nSPS) is 21.5. The third-order valence-corrected chi connectivity index (χ3v) is 6.56. The van der Waals surface area contributed by atoms with E-state index in [1.54, 1.807) is 0 Å². The minimum Gasteiger partial charge on any atom is -0.455 e. The maximum absolute atomic E-state index is 11.4. The van der Waals surface area contributed by atoms with E-state index < -0.39 is 5.97 Å². The van der Waals surface area contributed by atoms with E-state index in [4.69, 9.17) is 9.25 Å². The van der Waals surface area contributed by atoms with Gasteiger partial charge in [-0.15, -0.1) is 0 Å². The molecule has 1 fully saturated rings. The zero-order valence-corrected chi connectivity index (χ0v) is 19.6. The molecular formula is C25H26BrNO3. The summed E-state index contributed by atoms with van der Waals surface area (Å²) in [7, 11) is 0. The number of hydrogen-bond donors (Lipinski definition) is 0. The zero-order valence-electron chi connectivity index (χ0n) is 18.0. The summed E-state index contributed by atoms with van der Waals surface area (Å²) >= 11 is 3.50. The van der Waals surface area contributed by atoms with Crippen LogP contribution in [0.1, 0.15) is 54.7 Å². The van der Waals surface area contributed by atoms with E-state index in [9.17, 15) is 4.79 Å². The lowest BCUT2D eigenvalue weighted by Crippen LogP contribution is -2.43. The maximum atomic E-state index is 11.4. The first-order valence-corrected chi connectivity index (χ1v) is 11.0. The molecule has 2 aromatic carbocycles. The molecule has 1 heterocycles. The minimum atomic E-state index is -0.432. The highest BCUT2D eigenvalue weighted by Gasteiger charge is 2.46. The van der Waals surface area contributed by atoms with Crippen LogP contribution in [0.15, 0.2) is 50.4 Å². The smallest absolute Gasteiger partial charge is 0.331 e. The molecule has 1 saturated carbocycles. The highest BCUT2D eigenvalue weighted by atomic mass is 79.9. The first-order valence-electron chi connectivity index (χ1n) is 10.2. The second kappa shape index (κ2) is 7.69. The molecule has 0 spiro atoms. The van der Waals surface area contributed by atoms with Crippen LogP contribution in [0.25, 0.3) is 11.0 Å². The number of hydrogen-bond acceptors (Lipinski definition) is 4. The Kier molecular flexibility index (Phi) is 5.35. The second-order valence-electron chi connectivity index (χ2n) is 8.79. The van der Waals surface area contributed by atoms with Gasteiger partial charge in [-0.2, -0.15) is 0 Å². The Balaban J connectivity index is 1.67. The molecule has 4 nitrogen and oxygen atoms in total. The number of benzene rings is 2. The molecule has 1 aromatic heterocycles. The Bertz CT molecular complexity index is 1150. The summed E-state index contributed by atoms with van der Waals surface area (Å²) in [4.78, 5) is 16.5. The van der Waals surface area contributed by atoms with Crippen molar-refractivity contribution in [1.82, 2.24) is 0 Å². The van der Waals surface area contributed by atoms with Gasteiger partial charge in [-0.05, 0) is 80.0 Å². The van der Waals surface area contributed by atoms with Crippen LogP contribution in [0, 0.1) is 26.7 Å². The summed E-state index contributed by atoms with van der Waals surface area (Å²) < 4.78 is 7.06. The molecule has 0 bridgehead atoms. The van der Waals surface area contributed by atoms with Gasteiger partial charge in [0.15, 0.2) is 5.76 Å². The van der Waals surface area contributed by atoms with Gasteiger partial charge in [0.05, 0.1) is 0 Å². The average Bonchev–Trinajstić information content (AvgIpc) is 3.01. The van der Waals surface area contributed by atoms with Crippen molar-refractivity contribution in [3.8, 4) is 0 Å². The lowest BCUT2D eigenvalue weighted by atomic mass is 9.57. The molecule has 0 atom stereocenters. The molecule has 0 saturated heterocycles. The summed E-state index contributed by atoms with van der Waals surface area (Å²) in [6, 6.07) is 12.4. The molecule has 4 rings (SSSR count). The molecule has 1 aliphatic carbocycles. The van der Waals surface area contributed by atoms with Crippen LogP contribution in [-0.4, -0.2) is 11.7 Å². The Labute approximate surface area is 185 Å². The lowest BCUT2D eigenvalue weighted by Gasteiger charge is -2.47. The zero-order chi connectivity index (χ0) is 21.6. The number of halogens is 1. The van der Waals surface area contributed by atoms with Crippen molar-refractivity contribution in [3.05, 3.63) is 68.9 Å². The van der Waals surface area contributed by atoms with Crippen LogP contribution >= 0.6 is 15.9 Å². The molecular weight excluding hydrogens is 442 g/mol. The number of nitrogens with zero attached hydrogens (tertiary/aromatic N) is 1. The van der Waals surface area contributed by atoms with E-state index in [0.29, 0.717) is 11.5 Å². The number of oxime groups is 1. The number of furan rings is 1. The van der Waals surface area contributed by atoms with Crippen molar-refractivity contribution >= 4 is 38.6 Å². The number of rotatable bonds is 4. The fraction of sp³-hybridized carbons (Fsp3) is 0.360. The predicted octanol–water partition coefficient (Wildman–Crippen LogP) is 6.76. The molecule has 1 aliphatic rings. The third kappa shape index (κ3) is 3.83. The first kappa shape index (κ1) is 20.9. The first-order chi connectivity index (χ1) is 14.2. The van der Waals surface area contributed by atoms with Gasteiger partial charge < -0.3 is 9.25 Å². The van der Waals surface area contributed by atoms with Gasteiger partial charge in [0.25, 0.3) is 0 Å². The molecule has 0 aliphatic heterocycles. The summed E-state index contributed by atoms with van der Waals surface area (Å²) in [5.74, 6) is 0.394. The molecule has 30 heavy (non-hydrogen) atoms. The molecule has 0 amide bonds. The van der Waals surface area contributed by atoms with Gasteiger partial charge in [0, 0.05) is 22.7 Å². The van der Waals surface area contributed by atoms with Gasteiger partial charge in [-0.1, -0.05) is 45.7 Å². The van der Waals surface area contributed by atoms with E-state index >= 15 is 0 Å². The lowest BCUT2D eigenvalue weighted by molar-refractivity contribution is -0.141. The topological polar surface area (TPSA) is 51.8 Å². The van der Waals surface area contributed by atoms with E-state index in [0.717, 1.165) is 28.3 Å². The van der Waals surface area contributed by atoms with Crippen LogP contribution in [0.4, 0.5) is 0 Å². The molecule has 0 N–H and O–H groups in total. The van der Waals surface area contributed by atoms with E-state index in [1.165, 1.54) is 29.2 Å². The van der Waals surface area contributed by atoms with Gasteiger partial charge in [-0.3, -0.25) is 0 Å². The molecule has 0 unspecified atom stereocenters. The summed E-state index contributed by atoms with van der Waals surface area (Å²) in [6.45, 7) is 10.2. The average molecular weight is 468 g/mol. The van der Waals surface area contributed by atoms with Crippen molar-refractivity contribution in [2.75, 3.05) is 0 Å². The molecule has 3 aromatic rings. The Morgan fingerprint density at radius 3 is 2.43 bits per heavy atom. The highest BCUT2D eigenvalue weighted by molar-refractivity contribution is 9.10.